The number of nitro benzene ring substituents is 1. The molecule has 0 bridgehead atoms. The molecule has 5 nitrogen and oxygen atoms in total. The van der Waals surface area contributed by atoms with Gasteiger partial charge in [-0.05, 0) is 35.1 Å². The minimum Gasteiger partial charge on any atom is -0.345 e. The number of hydrogen-bond acceptors (Lipinski definition) is 3. The van der Waals surface area contributed by atoms with Crippen molar-refractivity contribution in [3.05, 3.63) is 112 Å². The molecule has 1 amide bonds. The van der Waals surface area contributed by atoms with Crippen molar-refractivity contribution < 1.29 is 9.72 Å². The third-order valence-electron chi connectivity index (χ3n) is 4.94. The Bertz CT molecular complexity index is 1060. The molecular formula is C26H26N2O3. The zero-order valence-electron chi connectivity index (χ0n) is 17.7. The summed E-state index contributed by atoms with van der Waals surface area (Å²) in [6.45, 7) is 4.25. The highest BCUT2D eigenvalue weighted by Crippen LogP contribution is 2.25. The molecule has 5 heteroatoms. The fourth-order valence-electron chi connectivity index (χ4n) is 3.46. The quantitative estimate of drug-likeness (QED) is 0.211. The number of non-ortho nitro benzene ring substituents is 1. The summed E-state index contributed by atoms with van der Waals surface area (Å²) < 4.78 is 0. The van der Waals surface area contributed by atoms with Gasteiger partial charge in [0.1, 0.15) is 0 Å². The van der Waals surface area contributed by atoms with Gasteiger partial charge in [-0.1, -0.05) is 86.6 Å². The van der Waals surface area contributed by atoms with Gasteiger partial charge in [-0.2, -0.15) is 0 Å². The summed E-state index contributed by atoms with van der Waals surface area (Å²) in [4.78, 5) is 24.1. The summed E-state index contributed by atoms with van der Waals surface area (Å²) in [5, 5.41) is 14.3. The van der Waals surface area contributed by atoms with Gasteiger partial charge in [0, 0.05) is 17.7 Å². The lowest BCUT2D eigenvalue weighted by Crippen LogP contribution is -2.30. The van der Waals surface area contributed by atoms with Crippen molar-refractivity contribution in [1.29, 1.82) is 0 Å². The van der Waals surface area contributed by atoms with Crippen LogP contribution in [0.25, 0.3) is 11.6 Å². The summed E-state index contributed by atoms with van der Waals surface area (Å²) in [6.07, 6.45) is 2.50. The number of nitrogens with one attached hydrogen (secondary N) is 1. The second kappa shape index (κ2) is 10.3. The van der Waals surface area contributed by atoms with Crippen LogP contribution in [0.15, 0.2) is 84.9 Å². The van der Waals surface area contributed by atoms with Gasteiger partial charge in [0.2, 0.25) is 0 Å². The van der Waals surface area contributed by atoms with Crippen molar-refractivity contribution in [2.45, 2.75) is 26.3 Å². The van der Waals surface area contributed by atoms with Crippen LogP contribution < -0.4 is 5.32 Å². The van der Waals surface area contributed by atoms with Crippen molar-refractivity contribution in [1.82, 2.24) is 5.32 Å². The SMILES string of the molecule is CC(C)C[C@@H](NC(=O)/C(=C/c1cccc([N+](=O)[O-])c1)c1ccccc1)c1ccccc1. The number of nitrogens with zero attached hydrogens (tertiary/aromatic N) is 1. The van der Waals surface area contributed by atoms with E-state index in [4.69, 9.17) is 0 Å². The molecule has 31 heavy (non-hydrogen) atoms. The number of rotatable bonds is 8. The van der Waals surface area contributed by atoms with Crippen LogP contribution in [0.3, 0.4) is 0 Å². The van der Waals surface area contributed by atoms with Crippen molar-refractivity contribution >= 4 is 23.2 Å². The molecule has 0 spiro atoms. The van der Waals surface area contributed by atoms with E-state index >= 15 is 0 Å². The summed E-state index contributed by atoms with van der Waals surface area (Å²) in [6, 6.07) is 25.4. The van der Waals surface area contributed by atoms with Crippen molar-refractivity contribution in [2.75, 3.05) is 0 Å². The van der Waals surface area contributed by atoms with Crippen LogP contribution in [0.2, 0.25) is 0 Å². The second-order valence-electron chi connectivity index (χ2n) is 7.84. The zero-order valence-corrected chi connectivity index (χ0v) is 17.7. The molecule has 3 rings (SSSR count). The van der Waals surface area contributed by atoms with E-state index < -0.39 is 4.92 Å². The van der Waals surface area contributed by atoms with Gasteiger partial charge in [-0.25, -0.2) is 0 Å². The summed E-state index contributed by atoms with van der Waals surface area (Å²) in [7, 11) is 0. The van der Waals surface area contributed by atoms with Crippen molar-refractivity contribution in [3.63, 3.8) is 0 Å². The molecule has 0 radical (unpaired) electrons. The van der Waals surface area contributed by atoms with E-state index in [1.54, 1.807) is 18.2 Å². The van der Waals surface area contributed by atoms with Crippen LogP contribution in [-0.2, 0) is 4.79 Å². The molecule has 0 fully saturated rings. The molecule has 0 unspecified atom stereocenters. The van der Waals surface area contributed by atoms with E-state index in [0.717, 1.165) is 17.5 Å². The van der Waals surface area contributed by atoms with E-state index in [1.165, 1.54) is 12.1 Å². The van der Waals surface area contributed by atoms with Gasteiger partial charge in [0.25, 0.3) is 11.6 Å². The monoisotopic (exact) mass is 414 g/mol. The van der Waals surface area contributed by atoms with Gasteiger partial charge in [0.15, 0.2) is 0 Å². The largest absolute Gasteiger partial charge is 0.345 e. The molecule has 3 aromatic carbocycles. The van der Waals surface area contributed by atoms with E-state index in [0.29, 0.717) is 17.1 Å². The average molecular weight is 415 g/mol. The Balaban J connectivity index is 1.98. The van der Waals surface area contributed by atoms with Gasteiger partial charge < -0.3 is 5.32 Å². The lowest BCUT2D eigenvalue weighted by atomic mass is 9.95. The van der Waals surface area contributed by atoms with E-state index in [1.807, 2.05) is 60.7 Å². The molecular weight excluding hydrogens is 388 g/mol. The van der Waals surface area contributed by atoms with E-state index in [9.17, 15) is 14.9 Å². The van der Waals surface area contributed by atoms with Gasteiger partial charge in [-0.3, -0.25) is 14.9 Å². The highest BCUT2D eigenvalue weighted by molar-refractivity contribution is 6.24. The van der Waals surface area contributed by atoms with Gasteiger partial charge >= 0.3 is 0 Å². The number of amides is 1. The number of nitro groups is 1. The molecule has 3 aromatic rings. The number of hydrogen-bond donors (Lipinski definition) is 1. The van der Waals surface area contributed by atoms with Crippen LogP contribution in [0, 0.1) is 16.0 Å². The first kappa shape index (κ1) is 22.0. The highest BCUT2D eigenvalue weighted by Gasteiger charge is 2.20. The highest BCUT2D eigenvalue weighted by atomic mass is 16.6. The van der Waals surface area contributed by atoms with Crippen molar-refractivity contribution in [3.8, 4) is 0 Å². The Kier molecular flexibility index (Phi) is 7.33. The third kappa shape index (κ3) is 6.12. The third-order valence-corrected chi connectivity index (χ3v) is 4.94. The molecule has 1 atom stereocenters. The minimum atomic E-state index is -0.437. The zero-order chi connectivity index (χ0) is 22.2. The Morgan fingerprint density at radius 1 is 0.968 bits per heavy atom. The number of carbonyl (C=O) groups is 1. The first-order valence-corrected chi connectivity index (χ1v) is 10.3. The Labute approximate surface area is 182 Å². The number of carbonyl (C=O) groups excluding carboxylic acids is 1. The van der Waals surface area contributed by atoms with E-state index in [2.05, 4.69) is 19.2 Å². The lowest BCUT2D eigenvalue weighted by Gasteiger charge is -2.22. The second-order valence-corrected chi connectivity index (χ2v) is 7.84. The Morgan fingerprint density at radius 3 is 2.23 bits per heavy atom. The average Bonchev–Trinajstić information content (AvgIpc) is 2.78. The van der Waals surface area contributed by atoms with Crippen LogP contribution in [0.1, 0.15) is 43.0 Å². The summed E-state index contributed by atoms with van der Waals surface area (Å²) in [5.41, 5.74) is 2.85. The van der Waals surface area contributed by atoms with E-state index in [-0.39, 0.29) is 17.6 Å². The van der Waals surface area contributed by atoms with Crippen LogP contribution >= 0.6 is 0 Å². The summed E-state index contributed by atoms with van der Waals surface area (Å²) >= 11 is 0. The molecule has 0 saturated heterocycles. The predicted molar refractivity (Wildman–Crippen MR) is 124 cm³/mol. The maximum absolute atomic E-state index is 13.4. The Morgan fingerprint density at radius 2 is 1.61 bits per heavy atom. The first-order chi connectivity index (χ1) is 14.9. The normalized spacial score (nSPS) is 12.4. The van der Waals surface area contributed by atoms with Crippen LogP contribution in [-0.4, -0.2) is 10.8 Å². The molecule has 0 aliphatic heterocycles. The molecule has 0 aromatic heterocycles. The first-order valence-electron chi connectivity index (χ1n) is 10.3. The standard InChI is InChI=1S/C26H26N2O3/c1-19(2)16-25(22-13-7-4-8-14-22)27-26(29)24(21-11-5-3-6-12-21)18-20-10-9-15-23(17-20)28(30)31/h3-15,17-19,25H,16H2,1-2H3,(H,27,29)/b24-18+/t25-/m1/s1. The fourth-order valence-corrected chi connectivity index (χ4v) is 3.46. The predicted octanol–water partition coefficient (Wildman–Crippen LogP) is 6.04. The minimum absolute atomic E-state index is 0.0106. The van der Waals surface area contributed by atoms with Crippen LogP contribution in [0.4, 0.5) is 5.69 Å². The maximum atomic E-state index is 13.4. The van der Waals surface area contributed by atoms with Crippen LogP contribution in [0.5, 0.6) is 0 Å². The molecule has 158 valence electrons. The smallest absolute Gasteiger partial charge is 0.270 e. The topological polar surface area (TPSA) is 72.2 Å². The molecule has 0 aliphatic rings. The molecule has 0 aliphatic carbocycles. The molecule has 1 N–H and O–H groups in total. The lowest BCUT2D eigenvalue weighted by molar-refractivity contribution is -0.384. The molecule has 0 saturated carbocycles. The molecule has 0 heterocycles. The van der Waals surface area contributed by atoms with Gasteiger partial charge in [0.05, 0.1) is 11.0 Å². The maximum Gasteiger partial charge on any atom is 0.270 e. The van der Waals surface area contributed by atoms with Crippen molar-refractivity contribution in [2.24, 2.45) is 5.92 Å². The van der Waals surface area contributed by atoms with Gasteiger partial charge in [-0.15, -0.1) is 0 Å². The fraction of sp³-hybridized carbons (Fsp3) is 0.192. The number of benzene rings is 3. The Hall–Kier alpha value is -3.73. The summed E-state index contributed by atoms with van der Waals surface area (Å²) in [5.74, 6) is 0.179.